The quantitative estimate of drug-likeness (QED) is 0.681. The summed E-state index contributed by atoms with van der Waals surface area (Å²) in [5.74, 6) is 2.16. The van der Waals surface area contributed by atoms with E-state index in [2.05, 4.69) is 25.0 Å². The lowest BCUT2D eigenvalue weighted by atomic mass is 10.4. The summed E-state index contributed by atoms with van der Waals surface area (Å²) in [4.78, 5) is 2.35. The summed E-state index contributed by atoms with van der Waals surface area (Å²) in [6.07, 6.45) is 2.58. The summed E-state index contributed by atoms with van der Waals surface area (Å²) in [7, 11) is 0. The predicted octanol–water partition coefficient (Wildman–Crippen LogP) is -0.0185. The molecule has 0 bridgehead atoms. The van der Waals surface area contributed by atoms with E-state index in [-0.39, 0.29) is 0 Å². The van der Waals surface area contributed by atoms with E-state index in [4.69, 9.17) is 0 Å². The van der Waals surface area contributed by atoms with E-state index in [1.807, 2.05) is 0 Å². The zero-order valence-corrected chi connectivity index (χ0v) is 8.24. The van der Waals surface area contributed by atoms with Gasteiger partial charge in [0.15, 0.2) is 0 Å². The lowest BCUT2D eigenvalue weighted by Crippen LogP contribution is -2.31. The van der Waals surface area contributed by atoms with Crippen molar-refractivity contribution >= 4 is 5.95 Å². The highest BCUT2D eigenvalue weighted by atomic mass is 15.4. The molecule has 1 aromatic heterocycles. The molecule has 3 heterocycles. The fourth-order valence-electron chi connectivity index (χ4n) is 2.23. The molecule has 0 saturated carbocycles. The number of rotatable bonds is 1. The molecule has 5 heteroatoms. The number of nitrogens with one attached hydrogen (secondary N) is 1. The summed E-state index contributed by atoms with van der Waals surface area (Å²) in [6, 6.07) is 0. The Morgan fingerprint density at radius 1 is 1.07 bits per heavy atom. The van der Waals surface area contributed by atoms with Gasteiger partial charge in [0.1, 0.15) is 5.82 Å². The van der Waals surface area contributed by atoms with E-state index in [0.717, 1.165) is 44.5 Å². The Balaban J connectivity index is 1.93. The SMILES string of the molecule is C1CCN(c2nnc3n2CCNC3)C1. The van der Waals surface area contributed by atoms with Crippen LogP contribution in [0.4, 0.5) is 5.95 Å². The van der Waals surface area contributed by atoms with Crippen molar-refractivity contribution in [2.24, 2.45) is 0 Å². The molecule has 14 heavy (non-hydrogen) atoms. The highest BCUT2D eigenvalue weighted by Gasteiger charge is 2.21. The Bertz CT molecular complexity index is 326. The Morgan fingerprint density at radius 2 is 1.93 bits per heavy atom. The lowest BCUT2D eigenvalue weighted by Gasteiger charge is -2.21. The van der Waals surface area contributed by atoms with Crippen LogP contribution in [0.1, 0.15) is 18.7 Å². The molecule has 2 aliphatic heterocycles. The third-order valence-corrected chi connectivity index (χ3v) is 2.99. The third kappa shape index (κ3) is 1.19. The molecule has 0 radical (unpaired) electrons. The van der Waals surface area contributed by atoms with Crippen molar-refractivity contribution in [2.75, 3.05) is 24.5 Å². The van der Waals surface area contributed by atoms with Gasteiger partial charge in [-0.05, 0) is 12.8 Å². The number of nitrogens with zero attached hydrogens (tertiary/aromatic N) is 4. The van der Waals surface area contributed by atoms with Crippen molar-refractivity contribution < 1.29 is 0 Å². The molecular weight excluding hydrogens is 178 g/mol. The second-order valence-corrected chi connectivity index (χ2v) is 3.94. The van der Waals surface area contributed by atoms with E-state index < -0.39 is 0 Å². The van der Waals surface area contributed by atoms with Gasteiger partial charge in [-0.3, -0.25) is 4.57 Å². The van der Waals surface area contributed by atoms with Gasteiger partial charge >= 0.3 is 0 Å². The Hall–Kier alpha value is -1.10. The number of aromatic nitrogens is 3. The zero-order chi connectivity index (χ0) is 9.38. The van der Waals surface area contributed by atoms with Crippen molar-refractivity contribution in [3.8, 4) is 0 Å². The van der Waals surface area contributed by atoms with Crippen LogP contribution in [0.15, 0.2) is 0 Å². The van der Waals surface area contributed by atoms with Gasteiger partial charge < -0.3 is 10.2 Å². The second kappa shape index (κ2) is 3.24. The molecule has 1 saturated heterocycles. The molecule has 0 aliphatic carbocycles. The molecule has 3 rings (SSSR count). The number of hydrogen-bond donors (Lipinski definition) is 1. The molecule has 1 aromatic rings. The largest absolute Gasteiger partial charge is 0.341 e. The van der Waals surface area contributed by atoms with E-state index in [0.29, 0.717) is 0 Å². The fourth-order valence-corrected chi connectivity index (χ4v) is 2.23. The molecule has 1 N–H and O–H groups in total. The predicted molar refractivity (Wildman–Crippen MR) is 53.2 cm³/mol. The van der Waals surface area contributed by atoms with Crippen LogP contribution < -0.4 is 10.2 Å². The first-order chi connectivity index (χ1) is 6.95. The Labute approximate surface area is 83.1 Å². The molecule has 76 valence electrons. The monoisotopic (exact) mass is 193 g/mol. The first-order valence-electron chi connectivity index (χ1n) is 5.33. The average Bonchev–Trinajstić information content (AvgIpc) is 2.85. The van der Waals surface area contributed by atoms with Gasteiger partial charge in [0.2, 0.25) is 5.95 Å². The number of hydrogen-bond acceptors (Lipinski definition) is 4. The maximum Gasteiger partial charge on any atom is 0.227 e. The summed E-state index contributed by atoms with van der Waals surface area (Å²) in [5, 5.41) is 11.8. The van der Waals surface area contributed by atoms with E-state index in [1.165, 1.54) is 12.8 Å². The zero-order valence-electron chi connectivity index (χ0n) is 8.24. The van der Waals surface area contributed by atoms with Gasteiger partial charge in [-0.1, -0.05) is 0 Å². The minimum absolute atomic E-state index is 0.862. The van der Waals surface area contributed by atoms with Crippen molar-refractivity contribution in [1.29, 1.82) is 0 Å². The fraction of sp³-hybridized carbons (Fsp3) is 0.778. The minimum atomic E-state index is 0.862. The first-order valence-corrected chi connectivity index (χ1v) is 5.33. The summed E-state index contributed by atoms with van der Waals surface area (Å²) in [6.45, 7) is 5.19. The standard InChI is InChI=1S/C9H15N5/c1-2-5-13(4-1)9-12-11-8-7-10-3-6-14(8)9/h10H,1-7H2. The van der Waals surface area contributed by atoms with Crippen molar-refractivity contribution in [2.45, 2.75) is 25.9 Å². The summed E-state index contributed by atoms with van der Waals surface area (Å²) < 4.78 is 2.25. The van der Waals surface area contributed by atoms with Gasteiger partial charge in [0.05, 0.1) is 6.54 Å². The van der Waals surface area contributed by atoms with Crippen LogP contribution in [-0.2, 0) is 13.1 Å². The van der Waals surface area contributed by atoms with Crippen molar-refractivity contribution in [1.82, 2.24) is 20.1 Å². The van der Waals surface area contributed by atoms with Crippen LogP contribution in [0.5, 0.6) is 0 Å². The van der Waals surface area contributed by atoms with Crippen LogP contribution in [-0.4, -0.2) is 34.4 Å². The van der Waals surface area contributed by atoms with E-state index in [1.54, 1.807) is 0 Å². The molecule has 0 aromatic carbocycles. The van der Waals surface area contributed by atoms with E-state index >= 15 is 0 Å². The smallest absolute Gasteiger partial charge is 0.227 e. The van der Waals surface area contributed by atoms with Gasteiger partial charge in [0.25, 0.3) is 0 Å². The van der Waals surface area contributed by atoms with Gasteiger partial charge in [-0.15, -0.1) is 10.2 Å². The number of anilines is 1. The third-order valence-electron chi connectivity index (χ3n) is 2.99. The van der Waals surface area contributed by atoms with E-state index in [9.17, 15) is 0 Å². The minimum Gasteiger partial charge on any atom is -0.341 e. The molecule has 0 unspecified atom stereocenters. The Morgan fingerprint density at radius 3 is 2.79 bits per heavy atom. The van der Waals surface area contributed by atoms with Crippen LogP contribution in [0.25, 0.3) is 0 Å². The summed E-state index contributed by atoms with van der Waals surface area (Å²) >= 11 is 0. The molecular formula is C9H15N5. The van der Waals surface area contributed by atoms with Gasteiger partial charge in [-0.2, -0.15) is 0 Å². The van der Waals surface area contributed by atoms with Gasteiger partial charge in [0, 0.05) is 26.2 Å². The topological polar surface area (TPSA) is 46.0 Å². The van der Waals surface area contributed by atoms with Crippen molar-refractivity contribution in [3.05, 3.63) is 5.82 Å². The van der Waals surface area contributed by atoms with Crippen LogP contribution >= 0.6 is 0 Å². The van der Waals surface area contributed by atoms with Gasteiger partial charge in [-0.25, -0.2) is 0 Å². The molecule has 0 amide bonds. The Kier molecular flexibility index (Phi) is 1.90. The molecule has 2 aliphatic rings. The number of fused-ring (bicyclic) bond motifs is 1. The molecule has 0 spiro atoms. The second-order valence-electron chi connectivity index (χ2n) is 3.94. The van der Waals surface area contributed by atoms with Crippen LogP contribution in [0, 0.1) is 0 Å². The van der Waals surface area contributed by atoms with Crippen molar-refractivity contribution in [3.63, 3.8) is 0 Å². The average molecular weight is 193 g/mol. The van der Waals surface area contributed by atoms with Crippen LogP contribution in [0.3, 0.4) is 0 Å². The highest BCUT2D eigenvalue weighted by molar-refractivity contribution is 5.32. The maximum absolute atomic E-state index is 4.28. The lowest BCUT2D eigenvalue weighted by molar-refractivity contribution is 0.504. The summed E-state index contributed by atoms with van der Waals surface area (Å²) in [5.41, 5.74) is 0. The normalized spacial score (nSPS) is 21.3. The molecule has 1 fully saturated rings. The highest BCUT2D eigenvalue weighted by Crippen LogP contribution is 2.19. The van der Waals surface area contributed by atoms with Crippen LogP contribution in [0.2, 0.25) is 0 Å². The first kappa shape index (κ1) is 8.23. The maximum atomic E-state index is 4.28. The molecule has 0 atom stereocenters. The molecule has 5 nitrogen and oxygen atoms in total.